The summed E-state index contributed by atoms with van der Waals surface area (Å²) in [5.41, 5.74) is 4.75. The van der Waals surface area contributed by atoms with E-state index in [1.807, 2.05) is 0 Å². The van der Waals surface area contributed by atoms with E-state index in [0.717, 1.165) is 0 Å². The highest BCUT2D eigenvalue weighted by Crippen LogP contribution is 2.22. The number of carboxylic acid groups (broad SMARTS) is 1. The predicted molar refractivity (Wildman–Crippen MR) is 32.3 cm³/mol. The Morgan fingerprint density at radius 1 is 1.50 bits per heavy atom. The summed E-state index contributed by atoms with van der Waals surface area (Å²) >= 11 is 0. The van der Waals surface area contributed by atoms with E-state index in [9.17, 15) is 18.0 Å². The van der Waals surface area contributed by atoms with E-state index in [0.29, 0.717) is 0 Å². The first-order valence-electron chi connectivity index (χ1n) is 2.98. The van der Waals surface area contributed by atoms with Crippen LogP contribution in [0.3, 0.4) is 0 Å². The molecule has 72 valence electrons. The molecule has 0 radical (unpaired) electrons. The van der Waals surface area contributed by atoms with Gasteiger partial charge >= 0.3 is 12.1 Å². The van der Waals surface area contributed by atoms with E-state index < -0.39 is 30.7 Å². The normalized spacial score (nSPS) is 17.1. The molecule has 0 saturated heterocycles. The Morgan fingerprint density at radius 3 is 2.17 bits per heavy atom. The second-order valence-corrected chi connectivity index (χ2v) is 2.24. The van der Waals surface area contributed by atoms with Gasteiger partial charge < -0.3 is 15.9 Å². The monoisotopic (exact) mass is 187 g/mol. The van der Waals surface area contributed by atoms with Crippen molar-refractivity contribution in [2.75, 3.05) is 0 Å². The highest BCUT2D eigenvalue weighted by Gasteiger charge is 2.39. The van der Waals surface area contributed by atoms with E-state index in [1.54, 1.807) is 0 Å². The lowest BCUT2D eigenvalue weighted by atomic mass is 10.1. The van der Waals surface area contributed by atoms with Crippen molar-refractivity contribution in [1.29, 1.82) is 0 Å². The lowest BCUT2D eigenvalue weighted by molar-refractivity contribution is -0.207. The maximum atomic E-state index is 11.6. The number of aliphatic hydroxyl groups is 1. The zero-order valence-corrected chi connectivity index (χ0v) is 5.88. The summed E-state index contributed by atoms with van der Waals surface area (Å²) in [6.45, 7) is 0. The van der Waals surface area contributed by atoms with Gasteiger partial charge in [0.05, 0.1) is 0 Å². The maximum absolute atomic E-state index is 11.6. The Hall–Kier alpha value is -0.820. The molecule has 4 nitrogen and oxygen atoms in total. The maximum Gasteiger partial charge on any atom is 0.414 e. The van der Waals surface area contributed by atoms with Gasteiger partial charge in [-0.05, 0) is 0 Å². The van der Waals surface area contributed by atoms with Crippen molar-refractivity contribution in [1.82, 2.24) is 0 Å². The van der Waals surface area contributed by atoms with Gasteiger partial charge in [0, 0.05) is 6.42 Å². The first-order valence-corrected chi connectivity index (χ1v) is 2.98. The molecule has 0 aliphatic rings. The van der Waals surface area contributed by atoms with E-state index in [-0.39, 0.29) is 0 Å². The SMILES string of the molecule is N[C@H](CC(O)C(F)(F)F)C(=O)O. The van der Waals surface area contributed by atoms with Gasteiger partial charge in [0.15, 0.2) is 6.10 Å². The first-order chi connectivity index (χ1) is 5.25. The third-order valence-electron chi connectivity index (χ3n) is 1.17. The Morgan fingerprint density at radius 2 is 1.92 bits per heavy atom. The summed E-state index contributed by atoms with van der Waals surface area (Å²) in [5, 5.41) is 16.4. The molecule has 4 N–H and O–H groups in total. The summed E-state index contributed by atoms with van der Waals surface area (Å²) in [6.07, 6.45) is -8.52. The molecule has 0 aliphatic heterocycles. The second-order valence-electron chi connectivity index (χ2n) is 2.24. The minimum Gasteiger partial charge on any atom is -0.480 e. The van der Waals surface area contributed by atoms with Crippen LogP contribution in [0, 0.1) is 0 Å². The number of aliphatic hydroxyl groups excluding tert-OH is 1. The number of carboxylic acids is 1. The molecule has 0 aliphatic carbocycles. The smallest absolute Gasteiger partial charge is 0.414 e. The highest BCUT2D eigenvalue weighted by atomic mass is 19.4. The average molecular weight is 187 g/mol. The van der Waals surface area contributed by atoms with Crippen molar-refractivity contribution < 1.29 is 28.2 Å². The van der Waals surface area contributed by atoms with Crippen LogP contribution in [-0.4, -0.2) is 34.5 Å². The van der Waals surface area contributed by atoms with Crippen molar-refractivity contribution in [3.05, 3.63) is 0 Å². The van der Waals surface area contributed by atoms with Gasteiger partial charge in [-0.2, -0.15) is 13.2 Å². The number of carbonyl (C=O) groups is 1. The zero-order valence-electron chi connectivity index (χ0n) is 5.88. The second kappa shape index (κ2) is 3.72. The molecule has 0 aromatic heterocycles. The van der Waals surface area contributed by atoms with Gasteiger partial charge in [-0.25, -0.2) is 0 Å². The van der Waals surface area contributed by atoms with Crippen LogP contribution in [0.2, 0.25) is 0 Å². The third-order valence-corrected chi connectivity index (χ3v) is 1.17. The first kappa shape index (κ1) is 11.2. The van der Waals surface area contributed by atoms with Crippen LogP contribution < -0.4 is 5.73 Å². The number of hydrogen-bond donors (Lipinski definition) is 3. The number of aliphatic carboxylic acids is 1. The van der Waals surface area contributed by atoms with Gasteiger partial charge in [0.2, 0.25) is 0 Å². The zero-order chi connectivity index (χ0) is 9.94. The van der Waals surface area contributed by atoms with Crippen LogP contribution in [0.1, 0.15) is 6.42 Å². The van der Waals surface area contributed by atoms with Crippen LogP contribution in [0.5, 0.6) is 0 Å². The molecule has 0 bridgehead atoms. The number of rotatable bonds is 3. The third kappa shape index (κ3) is 3.54. The molecule has 7 heteroatoms. The van der Waals surface area contributed by atoms with Gasteiger partial charge in [-0.15, -0.1) is 0 Å². The fourth-order valence-electron chi connectivity index (χ4n) is 0.475. The molecule has 12 heavy (non-hydrogen) atoms. The summed E-state index contributed by atoms with van der Waals surface area (Å²) in [6, 6.07) is -1.69. The Bertz CT molecular complexity index is 170. The molecule has 0 aromatic rings. The highest BCUT2D eigenvalue weighted by molar-refractivity contribution is 5.73. The molecule has 0 rings (SSSR count). The van der Waals surface area contributed by atoms with Crippen molar-refractivity contribution in [2.24, 2.45) is 5.73 Å². The van der Waals surface area contributed by atoms with Crippen LogP contribution in [0.25, 0.3) is 0 Å². The molecular formula is C5H8F3NO3. The van der Waals surface area contributed by atoms with Gasteiger partial charge in [-0.1, -0.05) is 0 Å². The molecule has 0 spiro atoms. The molecule has 2 atom stereocenters. The van der Waals surface area contributed by atoms with Gasteiger partial charge in [0.1, 0.15) is 6.04 Å². The standard InChI is InChI=1S/C5H8F3NO3/c6-5(7,8)3(10)1-2(9)4(11)12/h2-3,10H,1,9H2,(H,11,12)/t2-,3?/m1/s1. The number of halogens is 3. The molecule has 0 saturated carbocycles. The van der Waals surface area contributed by atoms with E-state index in [1.165, 1.54) is 0 Å². The quantitative estimate of drug-likeness (QED) is 0.567. The van der Waals surface area contributed by atoms with E-state index >= 15 is 0 Å². The fourth-order valence-corrected chi connectivity index (χ4v) is 0.475. The molecule has 1 unspecified atom stereocenters. The van der Waals surface area contributed by atoms with Crippen molar-refractivity contribution in [2.45, 2.75) is 24.7 Å². The minimum atomic E-state index is -4.81. The van der Waals surface area contributed by atoms with Gasteiger partial charge in [0.25, 0.3) is 0 Å². The van der Waals surface area contributed by atoms with Crippen LogP contribution in [0.15, 0.2) is 0 Å². The van der Waals surface area contributed by atoms with Crippen LogP contribution in [0.4, 0.5) is 13.2 Å². The largest absolute Gasteiger partial charge is 0.480 e. The lowest BCUT2D eigenvalue weighted by Crippen LogP contribution is -2.39. The van der Waals surface area contributed by atoms with Crippen LogP contribution >= 0.6 is 0 Å². The molecule has 0 aromatic carbocycles. The van der Waals surface area contributed by atoms with Crippen molar-refractivity contribution in [3.63, 3.8) is 0 Å². The summed E-state index contributed by atoms with van der Waals surface area (Å²) in [7, 11) is 0. The van der Waals surface area contributed by atoms with E-state index in [4.69, 9.17) is 15.9 Å². The minimum absolute atomic E-state index is 1.03. The number of hydrogen-bond acceptors (Lipinski definition) is 3. The van der Waals surface area contributed by atoms with Gasteiger partial charge in [-0.3, -0.25) is 4.79 Å². The Labute approximate surface area is 65.8 Å². The topological polar surface area (TPSA) is 83.5 Å². The molecule has 0 heterocycles. The molecular weight excluding hydrogens is 179 g/mol. The lowest BCUT2D eigenvalue weighted by Gasteiger charge is -2.15. The number of nitrogens with two attached hydrogens (primary N) is 1. The molecule has 0 fully saturated rings. The van der Waals surface area contributed by atoms with Crippen molar-refractivity contribution in [3.8, 4) is 0 Å². The Kier molecular flexibility index (Phi) is 3.47. The fraction of sp³-hybridized carbons (Fsp3) is 0.800. The summed E-state index contributed by atoms with van der Waals surface area (Å²) in [4.78, 5) is 9.96. The average Bonchev–Trinajstić information content (AvgIpc) is 1.85. The Balaban J connectivity index is 4.01. The summed E-state index contributed by atoms with van der Waals surface area (Å²) in [5.74, 6) is -1.57. The van der Waals surface area contributed by atoms with Crippen molar-refractivity contribution >= 4 is 5.97 Å². The molecule has 0 amide bonds. The number of alkyl halides is 3. The van der Waals surface area contributed by atoms with E-state index in [2.05, 4.69) is 0 Å². The predicted octanol–water partition coefficient (Wildman–Crippen LogP) is -0.288. The van der Waals surface area contributed by atoms with Crippen LogP contribution in [-0.2, 0) is 4.79 Å². The summed E-state index contributed by atoms with van der Waals surface area (Å²) < 4.78 is 34.7.